The number of fused-ring (bicyclic) bond motifs is 1. The van der Waals surface area contributed by atoms with Gasteiger partial charge in [-0.1, -0.05) is 6.07 Å². The summed E-state index contributed by atoms with van der Waals surface area (Å²) in [5.74, 6) is 1.06. The summed E-state index contributed by atoms with van der Waals surface area (Å²) >= 11 is 1.42. The van der Waals surface area contributed by atoms with Gasteiger partial charge in [0.25, 0.3) is 0 Å². The number of hydrogen-bond donors (Lipinski definition) is 0. The van der Waals surface area contributed by atoms with Gasteiger partial charge in [0, 0.05) is 17.0 Å². The molecule has 0 amide bonds. The second-order valence-corrected chi connectivity index (χ2v) is 5.17. The second-order valence-electron chi connectivity index (χ2n) is 4.22. The zero-order chi connectivity index (χ0) is 13.4. The zero-order valence-electron chi connectivity index (χ0n) is 10.6. The maximum absolute atomic E-state index is 12.3. The Labute approximate surface area is 114 Å². The fourth-order valence-corrected chi connectivity index (χ4v) is 2.73. The number of furan rings is 1. The van der Waals surface area contributed by atoms with E-state index in [1.165, 1.54) is 11.3 Å². The highest BCUT2D eigenvalue weighted by molar-refractivity contribution is 7.12. The third-order valence-corrected chi connectivity index (χ3v) is 3.97. The van der Waals surface area contributed by atoms with Gasteiger partial charge in [-0.3, -0.25) is 4.79 Å². The molecule has 0 aliphatic carbocycles. The summed E-state index contributed by atoms with van der Waals surface area (Å²) in [5, 5.41) is 2.83. The molecular weight excluding hydrogens is 260 g/mol. The van der Waals surface area contributed by atoms with Crippen molar-refractivity contribution in [3.05, 3.63) is 51.9 Å². The molecule has 2 heterocycles. The fourth-order valence-electron chi connectivity index (χ4n) is 2.07. The van der Waals surface area contributed by atoms with E-state index in [9.17, 15) is 4.79 Å². The van der Waals surface area contributed by atoms with Crippen LogP contribution >= 0.6 is 11.3 Å². The Morgan fingerprint density at radius 2 is 2.16 bits per heavy atom. The molecule has 0 saturated heterocycles. The number of rotatable bonds is 3. The Kier molecular flexibility index (Phi) is 2.87. The van der Waals surface area contributed by atoms with Crippen LogP contribution in [0, 0.1) is 6.92 Å². The molecule has 96 valence electrons. The van der Waals surface area contributed by atoms with Crippen molar-refractivity contribution in [1.82, 2.24) is 0 Å². The van der Waals surface area contributed by atoms with Crippen molar-refractivity contribution in [2.45, 2.75) is 6.92 Å². The van der Waals surface area contributed by atoms with E-state index in [2.05, 4.69) is 0 Å². The average Bonchev–Trinajstić information content (AvgIpc) is 3.06. The van der Waals surface area contributed by atoms with Gasteiger partial charge < -0.3 is 9.15 Å². The minimum Gasteiger partial charge on any atom is -0.497 e. The molecule has 0 fully saturated rings. The zero-order valence-corrected chi connectivity index (χ0v) is 11.4. The van der Waals surface area contributed by atoms with E-state index in [1.54, 1.807) is 19.2 Å². The molecular formula is C15H12O3S. The van der Waals surface area contributed by atoms with E-state index in [0.717, 1.165) is 16.7 Å². The van der Waals surface area contributed by atoms with Crippen molar-refractivity contribution < 1.29 is 13.9 Å². The van der Waals surface area contributed by atoms with Gasteiger partial charge in [-0.25, -0.2) is 0 Å². The number of aryl methyl sites for hydroxylation is 1. The number of methoxy groups -OCH3 is 1. The Morgan fingerprint density at radius 1 is 1.32 bits per heavy atom. The van der Waals surface area contributed by atoms with Gasteiger partial charge in [-0.2, -0.15) is 0 Å². The molecule has 0 bridgehead atoms. The first-order valence-corrected chi connectivity index (χ1v) is 6.74. The van der Waals surface area contributed by atoms with Crippen LogP contribution in [0.25, 0.3) is 11.0 Å². The Hall–Kier alpha value is -2.07. The van der Waals surface area contributed by atoms with Gasteiger partial charge >= 0.3 is 0 Å². The summed E-state index contributed by atoms with van der Waals surface area (Å²) < 4.78 is 10.9. The van der Waals surface area contributed by atoms with Gasteiger partial charge in [0.2, 0.25) is 5.78 Å². The van der Waals surface area contributed by atoms with Gasteiger partial charge in [0.1, 0.15) is 11.3 Å². The van der Waals surface area contributed by atoms with E-state index < -0.39 is 0 Å². The summed E-state index contributed by atoms with van der Waals surface area (Å²) in [6.07, 6.45) is 0. The summed E-state index contributed by atoms with van der Waals surface area (Å²) in [6.45, 7) is 1.90. The average molecular weight is 272 g/mol. The molecule has 0 radical (unpaired) electrons. The number of carbonyl (C=O) groups is 1. The van der Waals surface area contributed by atoms with Gasteiger partial charge in [-0.05, 0) is 30.5 Å². The smallest absolute Gasteiger partial charge is 0.238 e. The molecule has 0 spiro atoms. The maximum Gasteiger partial charge on any atom is 0.238 e. The predicted molar refractivity (Wildman–Crippen MR) is 75.3 cm³/mol. The third-order valence-electron chi connectivity index (χ3n) is 3.10. The number of ketones is 1. The van der Waals surface area contributed by atoms with Crippen LogP contribution in [0.4, 0.5) is 0 Å². The molecule has 4 heteroatoms. The second kappa shape index (κ2) is 4.55. The molecule has 0 aliphatic heterocycles. The Bertz CT molecular complexity index is 738. The number of hydrogen-bond acceptors (Lipinski definition) is 4. The molecule has 1 aromatic carbocycles. The Balaban J connectivity index is 2.14. The molecule has 0 saturated carbocycles. The van der Waals surface area contributed by atoms with Crippen LogP contribution in [0.5, 0.6) is 5.75 Å². The minimum absolute atomic E-state index is 0.0670. The van der Waals surface area contributed by atoms with Crippen molar-refractivity contribution in [3.63, 3.8) is 0 Å². The molecule has 3 aromatic rings. The first kappa shape index (κ1) is 12.0. The molecule has 0 atom stereocenters. The van der Waals surface area contributed by atoms with E-state index in [-0.39, 0.29) is 5.78 Å². The lowest BCUT2D eigenvalue weighted by Crippen LogP contribution is -1.98. The SMILES string of the molecule is COc1ccc2c(C)c(C(=O)c3cccs3)oc2c1. The van der Waals surface area contributed by atoms with Crippen LogP contribution in [0.2, 0.25) is 0 Å². The lowest BCUT2D eigenvalue weighted by molar-refractivity contribution is 0.101. The van der Waals surface area contributed by atoms with Gasteiger partial charge in [0.15, 0.2) is 5.76 Å². The van der Waals surface area contributed by atoms with Crippen molar-refractivity contribution in [1.29, 1.82) is 0 Å². The van der Waals surface area contributed by atoms with Crippen LogP contribution in [-0.4, -0.2) is 12.9 Å². The fraction of sp³-hybridized carbons (Fsp3) is 0.133. The molecule has 0 N–H and O–H groups in total. The van der Waals surface area contributed by atoms with Crippen molar-refractivity contribution >= 4 is 28.1 Å². The molecule has 3 rings (SSSR count). The van der Waals surface area contributed by atoms with E-state index in [0.29, 0.717) is 16.2 Å². The number of carbonyl (C=O) groups excluding carboxylic acids is 1. The highest BCUT2D eigenvalue weighted by Crippen LogP contribution is 2.30. The monoisotopic (exact) mass is 272 g/mol. The highest BCUT2D eigenvalue weighted by Gasteiger charge is 2.20. The first-order chi connectivity index (χ1) is 9.20. The van der Waals surface area contributed by atoms with Gasteiger partial charge in [0.05, 0.1) is 12.0 Å². The standard InChI is InChI=1S/C15H12O3S/c1-9-11-6-5-10(17-2)8-12(11)18-15(9)14(16)13-4-3-7-19-13/h3-8H,1-2H3. The summed E-state index contributed by atoms with van der Waals surface area (Å²) in [6, 6.07) is 9.25. The first-order valence-electron chi connectivity index (χ1n) is 5.86. The summed E-state index contributed by atoms with van der Waals surface area (Å²) in [7, 11) is 1.61. The van der Waals surface area contributed by atoms with Crippen LogP contribution in [-0.2, 0) is 0 Å². The quantitative estimate of drug-likeness (QED) is 0.675. The topological polar surface area (TPSA) is 39.4 Å². The lowest BCUT2D eigenvalue weighted by Gasteiger charge is -1.97. The summed E-state index contributed by atoms with van der Waals surface area (Å²) in [4.78, 5) is 13.0. The Morgan fingerprint density at radius 3 is 2.84 bits per heavy atom. The highest BCUT2D eigenvalue weighted by atomic mass is 32.1. The van der Waals surface area contributed by atoms with E-state index in [4.69, 9.17) is 9.15 Å². The predicted octanol–water partition coefficient (Wildman–Crippen LogP) is 4.04. The summed E-state index contributed by atoms with van der Waals surface area (Å²) in [5.41, 5.74) is 1.55. The number of benzene rings is 1. The lowest BCUT2D eigenvalue weighted by atomic mass is 10.1. The molecule has 0 aliphatic rings. The van der Waals surface area contributed by atoms with Crippen LogP contribution in [0.3, 0.4) is 0 Å². The third kappa shape index (κ3) is 1.94. The molecule has 0 unspecified atom stereocenters. The normalized spacial score (nSPS) is 10.8. The molecule has 19 heavy (non-hydrogen) atoms. The minimum atomic E-state index is -0.0670. The molecule has 2 aromatic heterocycles. The largest absolute Gasteiger partial charge is 0.497 e. The van der Waals surface area contributed by atoms with Crippen LogP contribution in [0.1, 0.15) is 21.0 Å². The van der Waals surface area contributed by atoms with Crippen molar-refractivity contribution in [3.8, 4) is 5.75 Å². The van der Waals surface area contributed by atoms with E-state index in [1.807, 2.05) is 30.5 Å². The van der Waals surface area contributed by atoms with Crippen LogP contribution < -0.4 is 4.74 Å². The van der Waals surface area contributed by atoms with Crippen molar-refractivity contribution in [2.24, 2.45) is 0 Å². The van der Waals surface area contributed by atoms with E-state index >= 15 is 0 Å². The molecule has 3 nitrogen and oxygen atoms in total. The number of ether oxygens (including phenoxy) is 1. The maximum atomic E-state index is 12.3. The van der Waals surface area contributed by atoms with Crippen molar-refractivity contribution in [2.75, 3.05) is 7.11 Å². The van der Waals surface area contributed by atoms with Crippen LogP contribution in [0.15, 0.2) is 40.1 Å². The number of thiophene rings is 1. The van der Waals surface area contributed by atoms with Gasteiger partial charge in [-0.15, -0.1) is 11.3 Å².